The zero-order chi connectivity index (χ0) is 15.6. The SMILES string of the molecule is Cc1cccc(NCCCC(=O)N/N=C/c2ccccc2)c1. The monoisotopic (exact) mass is 295 g/mol. The van der Waals surface area contributed by atoms with Crippen LogP contribution in [0.2, 0.25) is 0 Å². The Labute approximate surface area is 131 Å². The molecule has 0 fully saturated rings. The fourth-order valence-corrected chi connectivity index (χ4v) is 2.01. The van der Waals surface area contributed by atoms with Gasteiger partial charge in [-0.25, -0.2) is 5.43 Å². The average Bonchev–Trinajstić information content (AvgIpc) is 2.53. The highest BCUT2D eigenvalue weighted by Crippen LogP contribution is 2.09. The standard InChI is InChI=1S/C18H21N3O/c1-15-7-5-10-17(13-15)19-12-6-11-18(22)21-20-14-16-8-3-2-4-9-16/h2-5,7-10,13-14,19H,6,11-12H2,1H3,(H,21,22)/b20-14+. The Morgan fingerprint density at radius 3 is 2.73 bits per heavy atom. The van der Waals surface area contributed by atoms with E-state index >= 15 is 0 Å². The molecule has 22 heavy (non-hydrogen) atoms. The van der Waals surface area contributed by atoms with E-state index in [2.05, 4.69) is 34.9 Å². The summed E-state index contributed by atoms with van der Waals surface area (Å²) in [6, 6.07) is 17.9. The van der Waals surface area contributed by atoms with E-state index in [0.717, 1.165) is 24.2 Å². The Hall–Kier alpha value is -2.62. The van der Waals surface area contributed by atoms with E-state index in [0.29, 0.717) is 6.42 Å². The Morgan fingerprint density at radius 2 is 1.95 bits per heavy atom. The third-order valence-corrected chi connectivity index (χ3v) is 3.13. The molecule has 0 spiro atoms. The van der Waals surface area contributed by atoms with Crippen LogP contribution < -0.4 is 10.7 Å². The highest BCUT2D eigenvalue weighted by Gasteiger charge is 1.99. The van der Waals surface area contributed by atoms with Crippen molar-refractivity contribution in [3.63, 3.8) is 0 Å². The van der Waals surface area contributed by atoms with Crippen molar-refractivity contribution >= 4 is 17.8 Å². The number of nitrogens with zero attached hydrogens (tertiary/aromatic N) is 1. The number of carbonyl (C=O) groups excluding carboxylic acids is 1. The lowest BCUT2D eigenvalue weighted by atomic mass is 10.2. The van der Waals surface area contributed by atoms with E-state index in [1.54, 1.807) is 6.21 Å². The number of rotatable bonds is 7. The van der Waals surface area contributed by atoms with Gasteiger partial charge in [0.15, 0.2) is 0 Å². The summed E-state index contributed by atoms with van der Waals surface area (Å²) >= 11 is 0. The second-order valence-corrected chi connectivity index (χ2v) is 5.10. The van der Waals surface area contributed by atoms with Gasteiger partial charge in [-0.2, -0.15) is 5.10 Å². The number of aryl methyl sites for hydroxylation is 1. The first-order valence-electron chi connectivity index (χ1n) is 7.41. The molecular formula is C18H21N3O. The minimum atomic E-state index is -0.0711. The predicted octanol–water partition coefficient (Wildman–Crippen LogP) is 3.34. The molecule has 1 amide bonds. The lowest BCUT2D eigenvalue weighted by Gasteiger charge is -2.06. The van der Waals surface area contributed by atoms with Crippen LogP contribution in [0.4, 0.5) is 5.69 Å². The van der Waals surface area contributed by atoms with Crippen LogP contribution in [0, 0.1) is 6.92 Å². The number of hydrogen-bond donors (Lipinski definition) is 2. The van der Waals surface area contributed by atoms with Crippen molar-refractivity contribution in [3.05, 3.63) is 65.7 Å². The topological polar surface area (TPSA) is 53.5 Å². The molecule has 0 saturated heterocycles. The minimum Gasteiger partial charge on any atom is -0.385 e. The van der Waals surface area contributed by atoms with Gasteiger partial charge < -0.3 is 5.32 Å². The molecule has 0 heterocycles. The van der Waals surface area contributed by atoms with Gasteiger partial charge in [-0.3, -0.25) is 4.79 Å². The number of carbonyl (C=O) groups is 1. The maximum Gasteiger partial charge on any atom is 0.240 e. The Bertz CT molecular complexity index is 623. The second-order valence-electron chi connectivity index (χ2n) is 5.10. The van der Waals surface area contributed by atoms with Gasteiger partial charge in [-0.05, 0) is 36.6 Å². The third kappa shape index (κ3) is 5.79. The zero-order valence-corrected chi connectivity index (χ0v) is 12.8. The van der Waals surface area contributed by atoms with Crippen LogP contribution in [0.1, 0.15) is 24.0 Å². The number of benzene rings is 2. The van der Waals surface area contributed by atoms with Gasteiger partial charge in [-0.1, -0.05) is 42.5 Å². The van der Waals surface area contributed by atoms with E-state index in [4.69, 9.17) is 0 Å². The Kier molecular flexibility index (Phi) is 6.18. The number of nitrogens with one attached hydrogen (secondary N) is 2. The van der Waals surface area contributed by atoms with Crippen molar-refractivity contribution in [3.8, 4) is 0 Å². The van der Waals surface area contributed by atoms with E-state index in [9.17, 15) is 4.79 Å². The van der Waals surface area contributed by atoms with Crippen LogP contribution in [-0.2, 0) is 4.79 Å². The molecular weight excluding hydrogens is 274 g/mol. The van der Waals surface area contributed by atoms with Crippen molar-refractivity contribution < 1.29 is 4.79 Å². The van der Waals surface area contributed by atoms with Gasteiger partial charge in [0.25, 0.3) is 0 Å². The summed E-state index contributed by atoms with van der Waals surface area (Å²) in [5, 5.41) is 7.25. The largest absolute Gasteiger partial charge is 0.385 e. The van der Waals surface area contributed by atoms with E-state index < -0.39 is 0 Å². The van der Waals surface area contributed by atoms with Crippen molar-refractivity contribution in [1.82, 2.24) is 5.43 Å². The summed E-state index contributed by atoms with van der Waals surface area (Å²) in [6.45, 7) is 2.82. The molecule has 0 bridgehead atoms. The summed E-state index contributed by atoms with van der Waals surface area (Å²) in [6.07, 6.45) is 2.86. The smallest absolute Gasteiger partial charge is 0.240 e. The van der Waals surface area contributed by atoms with E-state index in [1.807, 2.05) is 42.5 Å². The van der Waals surface area contributed by atoms with Crippen molar-refractivity contribution in [1.29, 1.82) is 0 Å². The molecule has 0 unspecified atom stereocenters. The second kappa shape index (κ2) is 8.62. The van der Waals surface area contributed by atoms with Crippen molar-refractivity contribution in [2.24, 2.45) is 5.10 Å². The van der Waals surface area contributed by atoms with Gasteiger partial charge in [0, 0.05) is 18.7 Å². The molecule has 0 aliphatic rings. The van der Waals surface area contributed by atoms with Crippen LogP contribution in [0.25, 0.3) is 0 Å². The first-order chi connectivity index (χ1) is 10.7. The van der Waals surface area contributed by atoms with Crippen LogP contribution in [0.15, 0.2) is 59.7 Å². The Morgan fingerprint density at radius 1 is 1.14 bits per heavy atom. The molecule has 0 saturated carbocycles. The molecule has 0 aromatic heterocycles. The molecule has 4 nitrogen and oxygen atoms in total. The first-order valence-corrected chi connectivity index (χ1v) is 7.41. The molecule has 0 aliphatic heterocycles. The van der Waals surface area contributed by atoms with Gasteiger partial charge >= 0.3 is 0 Å². The van der Waals surface area contributed by atoms with Gasteiger partial charge in [0.2, 0.25) is 5.91 Å². The van der Waals surface area contributed by atoms with Crippen LogP contribution in [0.5, 0.6) is 0 Å². The quantitative estimate of drug-likeness (QED) is 0.467. The number of amides is 1. The van der Waals surface area contributed by atoms with Crippen LogP contribution >= 0.6 is 0 Å². The predicted molar refractivity (Wildman–Crippen MR) is 91.1 cm³/mol. The van der Waals surface area contributed by atoms with Crippen LogP contribution in [-0.4, -0.2) is 18.7 Å². The molecule has 2 aromatic carbocycles. The normalized spacial score (nSPS) is 10.6. The maximum atomic E-state index is 11.6. The summed E-state index contributed by atoms with van der Waals surface area (Å²) in [7, 11) is 0. The first kappa shape index (κ1) is 15.8. The molecule has 0 atom stereocenters. The van der Waals surface area contributed by atoms with Crippen molar-refractivity contribution in [2.45, 2.75) is 19.8 Å². The molecule has 2 rings (SSSR count). The van der Waals surface area contributed by atoms with E-state index in [-0.39, 0.29) is 5.91 Å². The molecule has 4 heteroatoms. The maximum absolute atomic E-state index is 11.6. The third-order valence-electron chi connectivity index (χ3n) is 3.13. The summed E-state index contributed by atoms with van der Waals surface area (Å²) < 4.78 is 0. The van der Waals surface area contributed by atoms with E-state index in [1.165, 1.54) is 5.56 Å². The average molecular weight is 295 g/mol. The summed E-state index contributed by atoms with van der Waals surface area (Å²) in [5.74, 6) is -0.0711. The number of hydrazone groups is 1. The molecule has 0 radical (unpaired) electrons. The Balaban J connectivity index is 1.63. The fourth-order valence-electron chi connectivity index (χ4n) is 2.01. The minimum absolute atomic E-state index is 0.0711. The van der Waals surface area contributed by atoms with Gasteiger partial charge in [-0.15, -0.1) is 0 Å². The lowest BCUT2D eigenvalue weighted by Crippen LogP contribution is -2.18. The number of anilines is 1. The fraction of sp³-hybridized carbons (Fsp3) is 0.222. The van der Waals surface area contributed by atoms with Crippen molar-refractivity contribution in [2.75, 3.05) is 11.9 Å². The molecule has 114 valence electrons. The molecule has 2 N–H and O–H groups in total. The van der Waals surface area contributed by atoms with Gasteiger partial charge in [0.05, 0.1) is 6.21 Å². The number of hydrogen-bond acceptors (Lipinski definition) is 3. The van der Waals surface area contributed by atoms with Crippen LogP contribution in [0.3, 0.4) is 0 Å². The summed E-state index contributed by atoms with van der Waals surface area (Å²) in [4.78, 5) is 11.6. The molecule has 2 aromatic rings. The summed E-state index contributed by atoms with van der Waals surface area (Å²) in [5.41, 5.74) is 5.81. The zero-order valence-electron chi connectivity index (χ0n) is 12.8. The molecule has 0 aliphatic carbocycles. The highest BCUT2D eigenvalue weighted by molar-refractivity contribution is 5.82. The lowest BCUT2D eigenvalue weighted by molar-refractivity contribution is -0.121. The van der Waals surface area contributed by atoms with Gasteiger partial charge in [0.1, 0.15) is 0 Å². The highest BCUT2D eigenvalue weighted by atomic mass is 16.2.